The van der Waals surface area contributed by atoms with Crippen molar-refractivity contribution in [1.29, 1.82) is 0 Å². The Morgan fingerprint density at radius 2 is 0.494 bits per heavy atom. The van der Waals surface area contributed by atoms with E-state index in [0.29, 0.717) is 11.1 Å². The van der Waals surface area contributed by atoms with Gasteiger partial charge in [-0.15, -0.1) is 0 Å². The van der Waals surface area contributed by atoms with Crippen LogP contribution in [0.3, 0.4) is 0 Å². The first-order valence-corrected chi connectivity index (χ1v) is 28.3. The molecule has 4 aromatic heterocycles. The van der Waals surface area contributed by atoms with Crippen molar-refractivity contribution in [2.24, 2.45) is 0 Å². The van der Waals surface area contributed by atoms with E-state index in [9.17, 15) is 4.79 Å². The molecule has 0 bridgehead atoms. The van der Waals surface area contributed by atoms with Crippen LogP contribution < -0.4 is 0 Å². The van der Waals surface area contributed by atoms with Gasteiger partial charge < -0.3 is 18.3 Å². The number of fused-ring (bicyclic) bond motifs is 12. The van der Waals surface area contributed by atoms with Crippen molar-refractivity contribution in [3.63, 3.8) is 0 Å². The first kappa shape index (κ1) is 53.8. The van der Waals surface area contributed by atoms with Crippen LogP contribution in [-0.4, -0.2) is 24.1 Å². The molecule has 412 valence electrons. The van der Waals surface area contributed by atoms with Crippen molar-refractivity contribution in [3.8, 4) is 45.0 Å². The Morgan fingerprint density at radius 3 is 0.812 bits per heavy atom. The fraction of sp³-hybridized carbons (Fsp3) is 0.0875. The SMILES string of the molecule is C.C.C.Cc1ccc(-n2c3ccccc3c3cc4c5cc(-c6ccc(C(=O)c7ccc(-c8ccc9c(c8)c8cc%10c%11ccccc%11n(-c%11ccc(C)cc%11)c%10cc8n9-c8ccc(C)cc8)cc7)cc6)ccc5n(-c5ccc(C)cc5)c4cc32)cc1. The van der Waals surface area contributed by atoms with Gasteiger partial charge in [-0.25, -0.2) is 0 Å². The summed E-state index contributed by atoms with van der Waals surface area (Å²) in [4.78, 5) is 14.3. The lowest BCUT2D eigenvalue weighted by Crippen LogP contribution is -2.01. The van der Waals surface area contributed by atoms with Crippen LogP contribution in [0.15, 0.2) is 255 Å². The number of aromatic nitrogens is 4. The fourth-order valence-corrected chi connectivity index (χ4v) is 13.0. The van der Waals surface area contributed by atoms with E-state index >= 15 is 0 Å². The number of aryl methyl sites for hydroxylation is 4. The van der Waals surface area contributed by atoms with E-state index in [0.717, 1.165) is 67.1 Å². The minimum absolute atomic E-state index is 0. The molecule has 0 amide bonds. The first-order valence-electron chi connectivity index (χ1n) is 28.3. The summed E-state index contributed by atoms with van der Waals surface area (Å²) in [6, 6.07) is 92.2. The lowest BCUT2D eigenvalue weighted by molar-refractivity contribution is 0.103. The van der Waals surface area contributed by atoms with Crippen LogP contribution in [0.2, 0.25) is 0 Å². The van der Waals surface area contributed by atoms with E-state index in [1.54, 1.807) is 0 Å². The van der Waals surface area contributed by atoms with Crippen LogP contribution in [0.25, 0.3) is 132 Å². The number of rotatable bonds is 8. The number of carbonyl (C=O) groups excluding carboxylic acids is 1. The second kappa shape index (κ2) is 20.7. The predicted molar refractivity (Wildman–Crippen MR) is 364 cm³/mol. The van der Waals surface area contributed by atoms with Gasteiger partial charge in [0.2, 0.25) is 0 Å². The summed E-state index contributed by atoms with van der Waals surface area (Å²) in [7, 11) is 0. The van der Waals surface area contributed by atoms with Gasteiger partial charge in [-0.05, 0) is 159 Å². The highest BCUT2D eigenvalue weighted by Gasteiger charge is 2.22. The maximum absolute atomic E-state index is 14.3. The van der Waals surface area contributed by atoms with Crippen LogP contribution in [0.5, 0.6) is 0 Å². The number of ketones is 1. The number of nitrogens with zero attached hydrogens (tertiary/aromatic N) is 4. The molecule has 4 heterocycles. The quantitative estimate of drug-likeness (QED) is 0.140. The average molecular weight is 1100 g/mol. The summed E-state index contributed by atoms with van der Waals surface area (Å²) < 4.78 is 9.62. The van der Waals surface area contributed by atoms with Crippen molar-refractivity contribution in [1.82, 2.24) is 18.3 Å². The Balaban J connectivity index is 0.00000224. The van der Waals surface area contributed by atoms with Crippen LogP contribution in [0, 0.1) is 27.7 Å². The molecule has 0 saturated heterocycles. The monoisotopic (exact) mass is 1100 g/mol. The molecule has 0 aliphatic carbocycles. The molecule has 0 aliphatic heterocycles. The topological polar surface area (TPSA) is 36.8 Å². The number of carbonyl (C=O) groups is 1. The Hall–Kier alpha value is -10.5. The zero-order valence-electron chi connectivity index (χ0n) is 45.9. The van der Waals surface area contributed by atoms with E-state index in [-0.39, 0.29) is 28.1 Å². The van der Waals surface area contributed by atoms with Gasteiger partial charge in [-0.1, -0.05) is 190 Å². The molecule has 0 radical (unpaired) electrons. The zero-order chi connectivity index (χ0) is 54.9. The van der Waals surface area contributed by atoms with Crippen LogP contribution in [0.4, 0.5) is 0 Å². The smallest absolute Gasteiger partial charge is 0.193 e. The molecule has 5 heteroatoms. The highest BCUT2D eigenvalue weighted by atomic mass is 16.1. The third kappa shape index (κ3) is 8.56. The maximum atomic E-state index is 14.3. The summed E-state index contributed by atoms with van der Waals surface area (Å²) >= 11 is 0. The van der Waals surface area contributed by atoms with Gasteiger partial charge in [0.25, 0.3) is 0 Å². The minimum atomic E-state index is -0.00558. The molecule has 0 unspecified atom stereocenters. The summed E-state index contributed by atoms with van der Waals surface area (Å²) in [5.41, 5.74) is 24.4. The molecule has 0 fully saturated rings. The second-order valence-electron chi connectivity index (χ2n) is 22.4. The molecule has 0 saturated carbocycles. The second-order valence-corrected chi connectivity index (χ2v) is 22.4. The standard InChI is InChI=1S/C77H54N4O.3CH4/c1-47-13-31-57(32-14-47)78-69-11-7-5-9-61(69)65-43-67-63-41-55(29-39-71(63)80(75(67)45-73(65)78)59-35-17-49(3)18-36-59)51-21-25-53(26-22-51)77(82)54-27-23-52(24-28-54)56-30-40-72-64(42-56)68-44-66-62-10-6-8-12-70(62)79(58-33-15-48(2)16-34-58)74(66)46-76(68)81(72)60-37-19-50(4)20-38-60;;;/h5-46H,1-4H3;3*1H4. The van der Waals surface area contributed by atoms with Gasteiger partial charge >= 0.3 is 0 Å². The average Bonchev–Trinajstić information content (AvgIpc) is 1.69. The lowest BCUT2D eigenvalue weighted by Gasteiger charge is -2.11. The fourth-order valence-electron chi connectivity index (χ4n) is 13.0. The molecule has 0 N–H and O–H groups in total. The molecule has 12 aromatic carbocycles. The molecule has 0 spiro atoms. The van der Waals surface area contributed by atoms with Gasteiger partial charge in [-0.3, -0.25) is 4.79 Å². The van der Waals surface area contributed by atoms with E-state index in [4.69, 9.17) is 0 Å². The Bertz CT molecular complexity index is 4930. The molecule has 16 aromatic rings. The van der Waals surface area contributed by atoms with Crippen molar-refractivity contribution < 1.29 is 4.79 Å². The minimum Gasteiger partial charge on any atom is -0.309 e. The van der Waals surface area contributed by atoms with Gasteiger partial charge in [0.1, 0.15) is 0 Å². The number of hydrogen-bond acceptors (Lipinski definition) is 1. The zero-order valence-corrected chi connectivity index (χ0v) is 45.9. The maximum Gasteiger partial charge on any atom is 0.193 e. The molecule has 5 nitrogen and oxygen atoms in total. The Morgan fingerprint density at radius 1 is 0.235 bits per heavy atom. The Kier molecular flexibility index (Phi) is 13.1. The van der Waals surface area contributed by atoms with Gasteiger partial charge in [0, 0.05) is 77.0 Å². The van der Waals surface area contributed by atoms with Gasteiger partial charge in [0.15, 0.2) is 5.78 Å². The number of benzene rings is 12. The van der Waals surface area contributed by atoms with Crippen molar-refractivity contribution in [2.75, 3.05) is 0 Å². The normalized spacial score (nSPS) is 11.5. The van der Waals surface area contributed by atoms with Crippen molar-refractivity contribution in [3.05, 3.63) is 288 Å². The molecular weight excluding hydrogens is 1030 g/mol. The van der Waals surface area contributed by atoms with Crippen LogP contribution >= 0.6 is 0 Å². The highest BCUT2D eigenvalue weighted by Crippen LogP contribution is 2.43. The summed E-state index contributed by atoms with van der Waals surface area (Å²) in [6.07, 6.45) is 0. The molecule has 0 aliphatic rings. The predicted octanol–water partition coefficient (Wildman–Crippen LogP) is 21.8. The van der Waals surface area contributed by atoms with Gasteiger partial charge in [-0.2, -0.15) is 0 Å². The van der Waals surface area contributed by atoms with E-state index in [1.807, 2.05) is 24.3 Å². The summed E-state index contributed by atoms with van der Waals surface area (Å²) in [5, 5.41) is 9.64. The molecule has 0 atom stereocenters. The van der Waals surface area contributed by atoms with Crippen molar-refractivity contribution >= 4 is 93.0 Å². The summed E-state index contributed by atoms with van der Waals surface area (Å²) in [5.74, 6) is -0.00558. The highest BCUT2D eigenvalue weighted by molar-refractivity contribution is 6.21. The van der Waals surface area contributed by atoms with E-state index in [1.165, 1.54) is 87.4 Å². The Labute approximate surface area is 496 Å². The third-order valence-electron chi connectivity index (χ3n) is 17.2. The van der Waals surface area contributed by atoms with Gasteiger partial charge in [0.05, 0.1) is 44.1 Å². The van der Waals surface area contributed by atoms with Crippen LogP contribution in [-0.2, 0) is 0 Å². The molecular formula is C80H66N4O. The number of hydrogen-bond donors (Lipinski definition) is 0. The van der Waals surface area contributed by atoms with E-state index < -0.39 is 0 Å². The molecule has 16 rings (SSSR count). The summed E-state index contributed by atoms with van der Waals surface area (Å²) in [6.45, 7) is 8.55. The van der Waals surface area contributed by atoms with E-state index in [2.05, 4.69) is 276 Å². The number of para-hydroxylation sites is 2. The lowest BCUT2D eigenvalue weighted by atomic mass is 9.96. The first-order chi connectivity index (χ1) is 40.2. The molecule has 85 heavy (non-hydrogen) atoms. The van der Waals surface area contributed by atoms with Crippen molar-refractivity contribution in [2.45, 2.75) is 50.0 Å². The largest absolute Gasteiger partial charge is 0.309 e. The van der Waals surface area contributed by atoms with Crippen LogP contribution in [0.1, 0.15) is 60.5 Å². The third-order valence-corrected chi connectivity index (χ3v) is 17.2.